The van der Waals surface area contributed by atoms with Gasteiger partial charge in [-0.3, -0.25) is 4.79 Å². The first-order valence-corrected chi connectivity index (χ1v) is 7.13. The molecule has 0 saturated carbocycles. The Labute approximate surface area is 117 Å². The fraction of sp³-hybridized carbons (Fsp3) is 0.467. The van der Waals surface area contributed by atoms with Crippen LogP contribution in [0.25, 0.3) is 11.0 Å². The second-order valence-corrected chi connectivity index (χ2v) is 5.26. The van der Waals surface area contributed by atoms with E-state index in [9.17, 15) is 4.79 Å². The lowest BCUT2D eigenvalue weighted by atomic mass is 10.1. The highest BCUT2D eigenvalue weighted by atomic mass is 16.5. The van der Waals surface area contributed by atoms with Gasteiger partial charge in [0.15, 0.2) is 0 Å². The number of carbonyl (C=O) groups is 1. The van der Waals surface area contributed by atoms with Gasteiger partial charge in [-0.15, -0.1) is 0 Å². The van der Waals surface area contributed by atoms with E-state index in [2.05, 4.69) is 9.97 Å². The van der Waals surface area contributed by atoms with Crippen LogP contribution in [-0.4, -0.2) is 42.1 Å². The van der Waals surface area contributed by atoms with Gasteiger partial charge in [0.1, 0.15) is 6.20 Å². The van der Waals surface area contributed by atoms with Crippen LogP contribution in [0.1, 0.15) is 23.7 Å². The average Bonchev–Trinajstić information content (AvgIpc) is 3.12. The third-order valence-electron chi connectivity index (χ3n) is 3.84. The first-order valence-electron chi connectivity index (χ1n) is 7.13. The zero-order chi connectivity index (χ0) is 13.9. The Morgan fingerprint density at radius 3 is 3.35 bits per heavy atom. The molecule has 5 heteroatoms. The van der Waals surface area contributed by atoms with Gasteiger partial charge in [0.05, 0.1) is 23.8 Å². The number of aromatic amines is 2. The Bertz CT molecular complexity index is 608. The smallest absolute Gasteiger partial charge is 0.284 e. The zero-order valence-electron chi connectivity index (χ0n) is 11.7. The molecule has 1 aliphatic heterocycles. The van der Waals surface area contributed by atoms with Crippen molar-refractivity contribution in [3.63, 3.8) is 0 Å². The number of pyridine rings is 1. The second-order valence-electron chi connectivity index (χ2n) is 5.26. The number of fused-ring (bicyclic) bond motifs is 1. The predicted molar refractivity (Wildman–Crippen MR) is 75.4 cm³/mol. The Morgan fingerprint density at radius 2 is 2.50 bits per heavy atom. The highest BCUT2D eigenvalue weighted by molar-refractivity contribution is 5.96. The maximum absolute atomic E-state index is 12.5. The molecule has 0 bridgehead atoms. The molecule has 2 aromatic rings. The molecule has 0 aliphatic carbocycles. The maximum Gasteiger partial charge on any atom is 0.284 e. The Kier molecular flexibility index (Phi) is 3.69. The lowest BCUT2D eigenvalue weighted by Gasteiger charge is -2.16. The van der Waals surface area contributed by atoms with E-state index >= 15 is 0 Å². The largest absolute Gasteiger partial charge is 0.381 e. The lowest BCUT2D eigenvalue weighted by molar-refractivity contribution is -0.347. The van der Waals surface area contributed by atoms with Gasteiger partial charge in [-0.05, 0) is 25.5 Å². The molecular formula is C15H20N3O2+. The van der Waals surface area contributed by atoms with Crippen molar-refractivity contribution in [2.24, 2.45) is 5.92 Å². The summed E-state index contributed by atoms with van der Waals surface area (Å²) in [4.78, 5) is 20.6. The van der Waals surface area contributed by atoms with Crippen LogP contribution >= 0.6 is 0 Å². The number of nitrogens with zero attached hydrogens (tertiary/aromatic N) is 1. The molecule has 5 nitrogen and oxygen atoms in total. The van der Waals surface area contributed by atoms with E-state index in [1.807, 2.05) is 30.2 Å². The number of ether oxygens (including phenoxy) is 1. The fourth-order valence-corrected chi connectivity index (χ4v) is 2.73. The minimum absolute atomic E-state index is 0.100. The lowest BCUT2D eigenvalue weighted by Crippen LogP contribution is -2.30. The van der Waals surface area contributed by atoms with Gasteiger partial charge in [-0.2, -0.15) is 0 Å². The van der Waals surface area contributed by atoms with Gasteiger partial charge in [-0.25, -0.2) is 9.97 Å². The number of rotatable bonds is 4. The van der Waals surface area contributed by atoms with Gasteiger partial charge >= 0.3 is 0 Å². The molecule has 1 amide bonds. The number of likely N-dealkylation sites (tertiary alicyclic amines) is 1. The van der Waals surface area contributed by atoms with Crippen LogP contribution in [0, 0.1) is 5.92 Å². The molecule has 0 radical (unpaired) electrons. The summed E-state index contributed by atoms with van der Waals surface area (Å²) in [5, 5.41) is 1.03. The van der Waals surface area contributed by atoms with Gasteiger partial charge in [0, 0.05) is 25.6 Å². The normalized spacial score (nSPS) is 18.9. The van der Waals surface area contributed by atoms with Crippen molar-refractivity contribution in [1.82, 2.24) is 9.88 Å². The van der Waals surface area contributed by atoms with Crippen molar-refractivity contribution in [3.8, 4) is 0 Å². The summed E-state index contributed by atoms with van der Waals surface area (Å²) in [6.45, 7) is 5.11. The quantitative estimate of drug-likeness (QED) is 0.918. The third-order valence-corrected chi connectivity index (χ3v) is 3.84. The molecular weight excluding hydrogens is 254 g/mol. The summed E-state index contributed by atoms with van der Waals surface area (Å²) < 4.78 is 5.45. The van der Waals surface area contributed by atoms with E-state index < -0.39 is 0 Å². The van der Waals surface area contributed by atoms with Gasteiger partial charge in [0.25, 0.3) is 11.6 Å². The molecule has 106 valence electrons. The number of nitrogens with one attached hydrogen (secondary N) is 2. The minimum atomic E-state index is 0.100. The van der Waals surface area contributed by atoms with Crippen molar-refractivity contribution in [2.75, 3.05) is 26.3 Å². The molecule has 0 unspecified atom stereocenters. The van der Waals surface area contributed by atoms with E-state index in [-0.39, 0.29) is 5.91 Å². The van der Waals surface area contributed by atoms with Crippen molar-refractivity contribution >= 4 is 16.9 Å². The van der Waals surface area contributed by atoms with Gasteiger partial charge in [-0.1, -0.05) is 0 Å². The summed E-state index contributed by atoms with van der Waals surface area (Å²) >= 11 is 0. The Hall–Kier alpha value is -1.88. The standard InChI is InChI=1S/C15H19N3O2/c1-2-20-10-11-4-6-18(9-11)15(19)13-7-12-3-5-16-14(12)17-8-13/h3,5,7-8,11H,2,4,6,9-10H2,1H3,(H,16,17)/p+1/t11-/m0/s1. The third kappa shape index (κ3) is 2.54. The number of carbonyl (C=O) groups excluding carboxylic acids is 1. The van der Waals surface area contributed by atoms with E-state index in [4.69, 9.17) is 4.74 Å². The molecule has 1 fully saturated rings. The van der Waals surface area contributed by atoms with E-state index in [1.165, 1.54) is 0 Å². The molecule has 1 atom stereocenters. The molecule has 2 aromatic heterocycles. The first kappa shape index (κ1) is 13.1. The molecule has 2 N–H and O–H groups in total. The highest BCUT2D eigenvalue weighted by Crippen LogP contribution is 2.19. The van der Waals surface area contributed by atoms with Gasteiger partial charge in [0.2, 0.25) is 0 Å². The highest BCUT2D eigenvalue weighted by Gasteiger charge is 2.27. The van der Waals surface area contributed by atoms with Crippen LogP contribution in [0.5, 0.6) is 0 Å². The summed E-state index contributed by atoms with van der Waals surface area (Å²) in [5.41, 5.74) is 1.66. The summed E-state index contributed by atoms with van der Waals surface area (Å²) in [7, 11) is 0. The number of hydrogen-bond acceptors (Lipinski definition) is 2. The average molecular weight is 274 g/mol. The number of aromatic nitrogens is 2. The van der Waals surface area contributed by atoms with Crippen molar-refractivity contribution < 1.29 is 14.5 Å². The monoisotopic (exact) mass is 274 g/mol. The molecule has 0 spiro atoms. The van der Waals surface area contributed by atoms with Crippen molar-refractivity contribution in [2.45, 2.75) is 13.3 Å². The van der Waals surface area contributed by atoms with E-state index in [1.54, 1.807) is 6.20 Å². The zero-order valence-corrected chi connectivity index (χ0v) is 11.7. The van der Waals surface area contributed by atoms with Crippen LogP contribution in [0.3, 0.4) is 0 Å². The number of hydrogen-bond donors (Lipinski definition) is 1. The Morgan fingerprint density at radius 1 is 1.60 bits per heavy atom. The van der Waals surface area contributed by atoms with Crippen molar-refractivity contribution in [1.29, 1.82) is 0 Å². The first-order chi connectivity index (χ1) is 9.78. The second kappa shape index (κ2) is 5.63. The molecule has 3 rings (SSSR count). The maximum atomic E-state index is 12.5. The van der Waals surface area contributed by atoms with Gasteiger partial charge < -0.3 is 9.64 Å². The molecule has 0 aromatic carbocycles. The van der Waals surface area contributed by atoms with Crippen LogP contribution in [0.2, 0.25) is 0 Å². The topological polar surface area (TPSA) is 59.5 Å². The summed E-state index contributed by atoms with van der Waals surface area (Å²) in [6.07, 6.45) is 4.67. The molecule has 1 aliphatic rings. The van der Waals surface area contributed by atoms with E-state index in [0.29, 0.717) is 11.5 Å². The fourth-order valence-electron chi connectivity index (χ4n) is 2.73. The molecule has 20 heavy (non-hydrogen) atoms. The SMILES string of the molecule is CCOC[C@H]1CCN(C(=O)c2c[nH+]c3[nH]ccc3c2)C1. The summed E-state index contributed by atoms with van der Waals surface area (Å²) in [6, 6.07) is 3.89. The predicted octanol–water partition coefficient (Wildman–Crippen LogP) is 1.48. The Balaban J connectivity index is 1.69. The summed E-state index contributed by atoms with van der Waals surface area (Å²) in [5.74, 6) is 0.571. The molecule has 3 heterocycles. The van der Waals surface area contributed by atoms with Crippen molar-refractivity contribution in [3.05, 3.63) is 30.1 Å². The van der Waals surface area contributed by atoms with Crippen LogP contribution < -0.4 is 4.98 Å². The van der Waals surface area contributed by atoms with Crippen LogP contribution in [0.4, 0.5) is 0 Å². The van der Waals surface area contributed by atoms with E-state index in [0.717, 1.165) is 43.8 Å². The molecule has 1 saturated heterocycles. The number of amides is 1. The van der Waals surface area contributed by atoms with Crippen LogP contribution in [0.15, 0.2) is 24.5 Å². The number of H-pyrrole nitrogens is 2. The van der Waals surface area contributed by atoms with Crippen LogP contribution in [-0.2, 0) is 4.74 Å². The minimum Gasteiger partial charge on any atom is -0.381 e.